The first-order chi connectivity index (χ1) is 5.65. The molecule has 0 aromatic heterocycles. The van der Waals surface area contributed by atoms with E-state index in [-0.39, 0.29) is 17.1 Å². The van der Waals surface area contributed by atoms with Crippen LogP contribution in [0.2, 0.25) is 0 Å². The van der Waals surface area contributed by atoms with E-state index in [1.54, 1.807) is 0 Å². The molecular weight excluding hydrogens is 220 g/mol. The van der Waals surface area contributed by atoms with Crippen LogP contribution in [0.5, 0.6) is 0 Å². The minimum Gasteiger partial charge on any atom is -0.550 e. The molecule has 0 aliphatic rings. The number of aliphatic carboxylic acids is 1. The summed E-state index contributed by atoms with van der Waals surface area (Å²) in [7, 11) is 0. The van der Waals surface area contributed by atoms with Crippen LogP contribution in [0.25, 0.3) is 0 Å². The summed E-state index contributed by atoms with van der Waals surface area (Å²) < 4.78 is 0. The maximum atomic E-state index is 8.89. The molecule has 0 saturated heterocycles. The minimum atomic E-state index is -1.08. The van der Waals surface area contributed by atoms with Crippen LogP contribution >= 0.6 is 0 Å². The summed E-state index contributed by atoms with van der Waals surface area (Å²) >= 11 is 0. The molecular formula is C8H19CuN2O2. The van der Waals surface area contributed by atoms with Crippen molar-refractivity contribution in [3.8, 4) is 0 Å². The van der Waals surface area contributed by atoms with Crippen molar-refractivity contribution < 1.29 is 27.0 Å². The first kappa shape index (κ1) is 18.6. The third kappa shape index (κ3) is 48.5. The van der Waals surface area contributed by atoms with Gasteiger partial charge in [0.05, 0.1) is 0 Å². The molecule has 0 heterocycles. The number of hydrogen-bond acceptors (Lipinski definition) is 4. The van der Waals surface area contributed by atoms with E-state index in [0.29, 0.717) is 0 Å². The normalized spacial score (nSPS) is 7.92. The van der Waals surface area contributed by atoms with E-state index in [4.69, 9.17) is 21.4 Å². The quantitative estimate of drug-likeness (QED) is 0.486. The van der Waals surface area contributed by atoms with E-state index >= 15 is 0 Å². The van der Waals surface area contributed by atoms with Gasteiger partial charge in [-0.3, -0.25) is 0 Å². The third-order valence-corrected chi connectivity index (χ3v) is 1.16. The second-order valence-electron chi connectivity index (χ2n) is 2.48. The van der Waals surface area contributed by atoms with Crippen molar-refractivity contribution >= 4 is 5.97 Å². The van der Waals surface area contributed by atoms with Crippen LogP contribution in [-0.2, 0) is 21.9 Å². The van der Waals surface area contributed by atoms with Gasteiger partial charge in [0.15, 0.2) is 0 Å². The fourth-order valence-electron chi connectivity index (χ4n) is 0.642. The summed E-state index contributed by atoms with van der Waals surface area (Å²) in [6.45, 7) is 2.62. The van der Waals surface area contributed by atoms with E-state index in [1.165, 1.54) is 12.8 Å². The van der Waals surface area contributed by atoms with E-state index in [0.717, 1.165) is 32.9 Å². The van der Waals surface area contributed by atoms with Gasteiger partial charge in [0.1, 0.15) is 0 Å². The molecule has 0 saturated carbocycles. The maximum absolute atomic E-state index is 8.89. The van der Waals surface area contributed by atoms with Crippen molar-refractivity contribution in [2.45, 2.75) is 32.6 Å². The zero-order valence-corrected chi connectivity index (χ0v) is 8.96. The zero-order chi connectivity index (χ0) is 9.82. The van der Waals surface area contributed by atoms with Gasteiger partial charge < -0.3 is 21.4 Å². The van der Waals surface area contributed by atoms with Crippen molar-refractivity contribution in [1.29, 1.82) is 0 Å². The molecule has 0 aromatic rings. The van der Waals surface area contributed by atoms with Gasteiger partial charge in [0, 0.05) is 5.97 Å². The Labute approximate surface area is 90.5 Å². The van der Waals surface area contributed by atoms with Gasteiger partial charge in [-0.15, -0.1) is 0 Å². The number of hydrogen-bond donors (Lipinski definition) is 2. The Balaban J connectivity index is -0.000000173. The molecule has 84 valence electrons. The van der Waals surface area contributed by atoms with Crippen LogP contribution in [-0.4, -0.2) is 19.1 Å². The predicted octanol–water partition coefficient (Wildman–Crippen LogP) is -0.782. The molecule has 4 N–H and O–H groups in total. The van der Waals surface area contributed by atoms with Crippen LogP contribution in [0.1, 0.15) is 32.6 Å². The molecule has 0 rings (SSSR count). The van der Waals surface area contributed by atoms with Crippen molar-refractivity contribution in [2.75, 3.05) is 13.1 Å². The Kier molecular flexibility index (Phi) is 25.6. The van der Waals surface area contributed by atoms with Crippen molar-refractivity contribution in [1.82, 2.24) is 0 Å². The number of rotatable bonds is 5. The molecule has 0 radical (unpaired) electrons. The second kappa shape index (κ2) is 17.9. The largest absolute Gasteiger partial charge is 1.00 e. The monoisotopic (exact) mass is 238 g/mol. The summed E-state index contributed by atoms with van der Waals surface area (Å²) in [5.74, 6) is -1.08. The number of carbonyl (C=O) groups is 1. The number of carbonyl (C=O) groups excluding carboxylic acids is 1. The van der Waals surface area contributed by atoms with E-state index < -0.39 is 5.97 Å². The van der Waals surface area contributed by atoms with Crippen molar-refractivity contribution in [3.05, 3.63) is 0 Å². The van der Waals surface area contributed by atoms with Gasteiger partial charge in [0.2, 0.25) is 0 Å². The smallest absolute Gasteiger partial charge is 0.550 e. The Hall–Kier alpha value is -0.0905. The molecule has 0 bridgehead atoms. The predicted molar refractivity (Wildman–Crippen MR) is 47.3 cm³/mol. The standard InChI is InChI=1S/C6H16N2.C2H4O2.Cu/c7-5-3-1-2-4-6-8;1-2(3)4;/h1-8H2;1H3,(H,3,4);/q;;+1/p-1. The summed E-state index contributed by atoms with van der Waals surface area (Å²) in [6, 6.07) is 0. The van der Waals surface area contributed by atoms with Gasteiger partial charge >= 0.3 is 17.1 Å². The fourth-order valence-corrected chi connectivity index (χ4v) is 0.642. The molecule has 13 heavy (non-hydrogen) atoms. The SMILES string of the molecule is CC(=O)[O-].NCCCCCCN.[Cu+]. The third-order valence-electron chi connectivity index (χ3n) is 1.16. The Bertz CT molecular complexity index is 92.1. The number of unbranched alkanes of at least 4 members (excludes halogenated alkanes) is 3. The summed E-state index contributed by atoms with van der Waals surface area (Å²) in [5, 5.41) is 8.89. The number of carboxylic acids is 1. The van der Waals surface area contributed by atoms with E-state index in [1.807, 2.05) is 0 Å². The first-order valence-electron chi connectivity index (χ1n) is 4.22. The zero-order valence-electron chi connectivity index (χ0n) is 8.02. The molecule has 0 unspecified atom stereocenters. The van der Waals surface area contributed by atoms with Gasteiger partial charge in [-0.1, -0.05) is 12.8 Å². The average molecular weight is 239 g/mol. The molecule has 0 aromatic carbocycles. The molecule has 0 aliphatic carbocycles. The van der Waals surface area contributed by atoms with Crippen LogP contribution in [0.4, 0.5) is 0 Å². The van der Waals surface area contributed by atoms with Gasteiger partial charge in [-0.2, -0.15) is 0 Å². The van der Waals surface area contributed by atoms with Crippen LogP contribution in [0, 0.1) is 0 Å². The topological polar surface area (TPSA) is 92.2 Å². The fraction of sp³-hybridized carbons (Fsp3) is 0.875. The molecule has 0 aliphatic heterocycles. The summed E-state index contributed by atoms with van der Waals surface area (Å²) in [5.41, 5.74) is 10.6. The molecule has 0 spiro atoms. The molecule has 0 atom stereocenters. The van der Waals surface area contributed by atoms with Crippen molar-refractivity contribution in [3.63, 3.8) is 0 Å². The molecule has 5 heteroatoms. The van der Waals surface area contributed by atoms with E-state index in [2.05, 4.69) is 0 Å². The van der Waals surface area contributed by atoms with Gasteiger partial charge in [0.25, 0.3) is 0 Å². The molecule has 0 amide bonds. The first-order valence-corrected chi connectivity index (χ1v) is 4.22. The summed E-state index contributed by atoms with van der Waals surface area (Å²) in [6.07, 6.45) is 4.79. The van der Waals surface area contributed by atoms with Gasteiger partial charge in [-0.05, 0) is 32.9 Å². The molecule has 4 nitrogen and oxygen atoms in total. The van der Waals surface area contributed by atoms with Crippen LogP contribution in [0.15, 0.2) is 0 Å². The summed E-state index contributed by atoms with van der Waals surface area (Å²) in [4.78, 5) is 8.89. The Morgan fingerprint density at radius 3 is 1.46 bits per heavy atom. The minimum absolute atomic E-state index is 0. The second-order valence-corrected chi connectivity index (χ2v) is 2.48. The van der Waals surface area contributed by atoms with Gasteiger partial charge in [-0.25, -0.2) is 0 Å². The number of carboxylic acid groups (broad SMARTS) is 1. The Morgan fingerprint density at radius 2 is 1.31 bits per heavy atom. The van der Waals surface area contributed by atoms with Crippen LogP contribution in [0.3, 0.4) is 0 Å². The molecule has 0 fully saturated rings. The van der Waals surface area contributed by atoms with Crippen molar-refractivity contribution in [2.24, 2.45) is 11.5 Å². The average Bonchev–Trinajstić information content (AvgIpc) is 1.97. The Morgan fingerprint density at radius 1 is 1.08 bits per heavy atom. The van der Waals surface area contributed by atoms with E-state index in [9.17, 15) is 0 Å². The van der Waals surface area contributed by atoms with Crippen LogP contribution < -0.4 is 16.6 Å². The number of nitrogens with two attached hydrogens (primary N) is 2. The maximum Gasteiger partial charge on any atom is 1.00 e.